The van der Waals surface area contributed by atoms with E-state index in [-0.39, 0.29) is 0 Å². The Hall–Kier alpha value is -0.870. The Morgan fingerprint density at radius 3 is 2.81 bits per heavy atom. The van der Waals surface area contributed by atoms with Crippen molar-refractivity contribution >= 4 is 11.8 Å². The second kappa shape index (κ2) is 5.46. The molecule has 1 aliphatic heterocycles. The van der Waals surface area contributed by atoms with Crippen LogP contribution in [0.15, 0.2) is 23.1 Å². The van der Waals surface area contributed by atoms with Gasteiger partial charge in [0.1, 0.15) is 13.2 Å². The Bertz CT molecular complexity index is 357. The molecule has 1 atom stereocenters. The molecule has 16 heavy (non-hydrogen) atoms. The van der Waals surface area contributed by atoms with E-state index in [1.54, 1.807) is 0 Å². The molecule has 0 aromatic heterocycles. The zero-order valence-corrected chi connectivity index (χ0v) is 10.5. The van der Waals surface area contributed by atoms with E-state index >= 15 is 0 Å². The lowest BCUT2D eigenvalue weighted by Gasteiger charge is -2.19. The van der Waals surface area contributed by atoms with Gasteiger partial charge in [-0.25, -0.2) is 0 Å². The summed E-state index contributed by atoms with van der Waals surface area (Å²) in [6, 6.07) is 6.64. The summed E-state index contributed by atoms with van der Waals surface area (Å²) in [5, 5.41) is 3.22. The highest BCUT2D eigenvalue weighted by molar-refractivity contribution is 7.99. The normalized spacial score (nSPS) is 15.9. The van der Waals surface area contributed by atoms with Crippen LogP contribution in [0.5, 0.6) is 11.5 Å². The van der Waals surface area contributed by atoms with Crippen molar-refractivity contribution in [3.8, 4) is 11.5 Å². The first-order valence-electron chi connectivity index (χ1n) is 5.49. The molecule has 0 fully saturated rings. The van der Waals surface area contributed by atoms with E-state index in [0.717, 1.165) is 17.3 Å². The van der Waals surface area contributed by atoms with Gasteiger partial charge in [-0.15, -0.1) is 11.8 Å². The van der Waals surface area contributed by atoms with Gasteiger partial charge < -0.3 is 14.8 Å². The molecule has 1 aromatic rings. The molecule has 2 rings (SSSR count). The van der Waals surface area contributed by atoms with Crippen molar-refractivity contribution in [3.05, 3.63) is 18.2 Å². The van der Waals surface area contributed by atoms with Crippen molar-refractivity contribution in [1.29, 1.82) is 0 Å². The third-order valence-electron chi connectivity index (χ3n) is 2.51. The number of rotatable bonds is 4. The minimum Gasteiger partial charge on any atom is -0.486 e. The maximum absolute atomic E-state index is 5.54. The smallest absolute Gasteiger partial charge is 0.162 e. The fourth-order valence-electron chi connectivity index (χ4n) is 1.42. The summed E-state index contributed by atoms with van der Waals surface area (Å²) in [5.74, 6) is 2.78. The Kier molecular flexibility index (Phi) is 3.96. The van der Waals surface area contributed by atoms with Crippen LogP contribution in [0.25, 0.3) is 0 Å². The molecule has 0 amide bonds. The quantitative estimate of drug-likeness (QED) is 0.816. The number of hydrogen-bond acceptors (Lipinski definition) is 4. The van der Waals surface area contributed by atoms with E-state index in [2.05, 4.69) is 24.4 Å². The van der Waals surface area contributed by atoms with Gasteiger partial charge in [0.15, 0.2) is 11.5 Å². The highest BCUT2D eigenvalue weighted by Crippen LogP contribution is 2.34. The van der Waals surface area contributed by atoms with E-state index in [9.17, 15) is 0 Å². The molecule has 0 bridgehead atoms. The van der Waals surface area contributed by atoms with Gasteiger partial charge in [-0.3, -0.25) is 0 Å². The number of thioether (sulfide) groups is 1. The Balaban J connectivity index is 2.00. The average Bonchev–Trinajstić information content (AvgIpc) is 2.35. The highest BCUT2D eigenvalue weighted by Gasteiger charge is 2.12. The van der Waals surface area contributed by atoms with E-state index in [4.69, 9.17) is 9.47 Å². The molecule has 0 radical (unpaired) electrons. The Morgan fingerprint density at radius 1 is 1.31 bits per heavy atom. The topological polar surface area (TPSA) is 30.5 Å². The monoisotopic (exact) mass is 239 g/mol. The molecule has 88 valence electrons. The van der Waals surface area contributed by atoms with Gasteiger partial charge in [-0.1, -0.05) is 0 Å². The van der Waals surface area contributed by atoms with Gasteiger partial charge in [0.2, 0.25) is 0 Å². The minimum absolute atomic E-state index is 0.512. The van der Waals surface area contributed by atoms with Crippen LogP contribution in [-0.4, -0.2) is 32.1 Å². The zero-order chi connectivity index (χ0) is 11.4. The first-order valence-corrected chi connectivity index (χ1v) is 6.48. The van der Waals surface area contributed by atoms with Crippen LogP contribution in [0.2, 0.25) is 0 Å². The van der Waals surface area contributed by atoms with Crippen LogP contribution in [0.1, 0.15) is 6.92 Å². The molecule has 1 N–H and O–H groups in total. The lowest BCUT2D eigenvalue weighted by atomic mass is 10.3. The fourth-order valence-corrected chi connectivity index (χ4v) is 2.38. The number of nitrogens with one attached hydrogen (secondary N) is 1. The lowest BCUT2D eigenvalue weighted by Crippen LogP contribution is -2.23. The molecular formula is C12H17NO2S. The number of benzene rings is 1. The van der Waals surface area contributed by atoms with Crippen molar-refractivity contribution < 1.29 is 9.47 Å². The van der Waals surface area contributed by atoms with Gasteiger partial charge >= 0.3 is 0 Å². The molecule has 0 spiro atoms. The summed E-state index contributed by atoms with van der Waals surface area (Å²) < 4.78 is 11.0. The molecule has 1 aromatic carbocycles. The second-order valence-corrected chi connectivity index (χ2v) is 4.90. The van der Waals surface area contributed by atoms with E-state index in [0.29, 0.717) is 19.3 Å². The molecular weight excluding hydrogens is 222 g/mol. The van der Waals surface area contributed by atoms with Gasteiger partial charge in [-0.2, -0.15) is 0 Å². The Morgan fingerprint density at radius 2 is 2.06 bits per heavy atom. The summed E-state index contributed by atoms with van der Waals surface area (Å²) in [4.78, 5) is 1.23. The summed E-state index contributed by atoms with van der Waals surface area (Å²) in [7, 11) is 1.98. The number of hydrogen-bond donors (Lipinski definition) is 1. The van der Waals surface area contributed by atoms with Crippen molar-refractivity contribution in [3.63, 3.8) is 0 Å². The molecule has 1 unspecified atom stereocenters. The van der Waals surface area contributed by atoms with Gasteiger partial charge in [-0.05, 0) is 32.2 Å². The summed E-state index contributed by atoms with van der Waals surface area (Å²) in [6.07, 6.45) is 0. The summed E-state index contributed by atoms with van der Waals surface area (Å²) >= 11 is 1.83. The Labute approximate surface area is 101 Å². The van der Waals surface area contributed by atoms with Crippen LogP contribution in [0.4, 0.5) is 0 Å². The molecule has 0 saturated carbocycles. The largest absolute Gasteiger partial charge is 0.486 e. The van der Waals surface area contributed by atoms with Crippen molar-refractivity contribution in [2.24, 2.45) is 0 Å². The van der Waals surface area contributed by atoms with Crippen molar-refractivity contribution in [2.75, 3.05) is 26.0 Å². The third-order valence-corrected chi connectivity index (χ3v) is 3.76. The highest BCUT2D eigenvalue weighted by atomic mass is 32.2. The van der Waals surface area contributed by atoms with Gasteiger partial charge in [0.25, 0.3) is 0 Å². The molecule has 4 heteroatoms. The molecule has 0 aliphatic carbocycles. The first kappa shape index (κ1) is 11.6. The molecule has 0 saturated heterocycles. The molecule has 1 aliphatic rings. The minimum atomic E-state index is 0.512. The van der Waals surface area contributed by atoms with Gasteiger partial charge in [0, 0.05) is 16.7 Å². The zero-order valence-electron chi connectivity index (χ0n) is 9.66. The van der Waals surface area contributed by atoms with E-state index in [1.807, 2.05) is 24.9 Å². The van der Waals surface area contributed by atoms with Crippen LogP contribution in [0, 0.1) is 0 Å². The van der Waals surface area contributed by atoms with Gasteiger partial charge in [0.05, 0.1) is 0 Å². The maximum Gasteiger partial charge on any atom is 0.162 e. The fraction of sp³-hybridized carbons (Fsp3) is 0.500. The standard InChI is InChI=1S/C12H17NO2S/c1-9(13-2)8-16-10-3-4-11-12(7-10)15-6-5-14-11/h3-4,7,9,13H,5-6,8H2,1-2H3. The predicted molar refractivity (Wildman–Crippen MR) is 66.7 cm³/mol. The maximum atomic E-state index is 5.54. The van der Waals surface area contributed by atoms with Crippen molar-refractivity contribution in [1.82, 2.24) is 5.32 Å². The van der Waals surface area contributed by atoms with Crippen LogP contribution in [0.3, 0.4) is 0 Å². The average molecular weight is 239 g/mol. The summed E-state index contributed by atoms with van der Waals surface area (Å²) in [6.45, 7) is 3.47. The van der Waals surface area contributed by atoms with E-state index in [1.165, 1.54) is 4.90 Å². The second-order valence-electron chi connectivity index (χ2n) is 3.81. The van der Waals surface area contributed by atoms with Crippen LogP contribution in [-0.2, 0) is 0 Å². The SMILES string of the molecule is CNC(C)CSc1ccc2c(c1)OCCO2. The van der Waals surface area contributed by atoms with Crippen LogP contribution >= 0.6 is 11.8 Å². The van der Waals surface area contributed by atoms with Crippen molar-refractivity contribution in [2.45, 2.75) is 17.9 Å². The molecule has 3 nitrogen and oxygen atoms in total. The number of ether oxygens (including phenoxy) is 2. The molecule has 1 heterocycles. The van der Waals surface area contributed by atoms with Crippen LogP contribution < -0.4 is 14.8 Å². The first-order chi connectivity index (χ1) is 7.79. The summed E-state index contributed by atoms with van der Waals surface area (Å²) in [5.41, 5.74) is 0. The third kappa shape index (κ3) is 2.83. The number of fused-ring (bicyclic) bond motifs is 1. The lowest BCUT2D eigenvalue weighted by molar-refractivity contribution is 0.171. The van der Waals surface area contributed by atoms with E-state index < -0.39 is 0 Å². The predicted octanol–water partition coefficient (Wildman–Crippen LogP) is 2.16.